The highest BCUT2D eigenvalue weighted by molar-refractivity contribution is 5.87. The fourth-order valence-electron chi connectivity index (χ4n) is 1.98. The molecule has 5 heteroatoms. The smallest absolute Gasteiger partial charge is 0.337 e. The molecule has 2 N–H and O–H groups in total. The third-order valence-corrected chi connectivity index (χ3v) is 3.16. The molecular formula is C16H17FN2O2. The SMILES string of the molecule is CC(Cc1ccc(F)cc1)NCc1ccc(C(=O)O)cn1. The molecule has 21 heavy (non-hydrogen) atoms. The summed E-state index contributed by atoms with van der Waals surface area (Å²) in [5.74, 6) is -1.21. The topological polar surface area (TPSA) is 62.2 Å². The van der Waals surface area contributed by atoms with Crippen LogP contribution in [0.3, 0.4) is 0 Å². The number of nitrogens with one attached hydrogen (secondary N) is 1. The van der Waals surface area contributed by atoms with E-state index < -0.39 is 5.97 Å². The molecule has 0 amide bonds. The summed E-state index contributed by atoms with van der Waals surface area (Å²) in [5.41, 5.74) is 2.02. The van der Waals surface area contributed by atoms with Gasteiger partial charge in [0.25, 0.3) is 0 Å². The zero-order valence-electron chi connectivity index (χ0n) is 11.7. The van der Waals surface area contributed by atoms with E-state index in [0.29, 0.717) is 6.54 Å². The van der Waals surface area contributed by atoms with Gasteiger partial charge in [-0.3, -0.25) is 4.98 Å². The van der Waals surface area contributed by atoms with E-state index >= 15 is 0 Å². The minimum atomic E-state index is -0.980. The fraction of sp³-hybridized carbons (Fsp3) is 0.250. The Labute approximate surface area is 122 Å². The number of rotatable bonds is 6. The third kappa shape index (κ3) is 4.65. The second-order valence-electron chi connectivity index (χ2n) is 4.96. The van der Waals surface area contributed by atoms with Crippen molar-refractivity contribution in [1.82, 2.24) is 10.3 Å². The van der Waals surface area contributed by atoms with E-state index in [9.17, 15) is 9.18 Å². The lowest BCUT2D eigenvalue weighted by Crippen LogP contribution is -2.27. The molecule has 1 heterocycles. The van der Waals surface area contributed by atoms with E-state index in [1.54, 1.807) is 18.2 Å². The average Bonchev–Trinajstić information content (AvgIpc) is 2.48. The van der Waals surface area contributed by atoms with E-state index in [4.69, 9.17) is 5.11 Å². The number of pyridine rings is 1. The van der Waals surface area contributed by atoms with Crippen molar-refractivity contribution in [2.75, 3.05) is 0 Å². The first kappa shape index (κ1) is 15.1. The van der Waals surface area contributed by atoms with Gasteiger partial charge in [0, 0.05) is 18.8 Å². The van der Waals surface area contributed by atoms with Crippen LogP contribution in [0.4, 0.5) is 4.39 Å². The van der Waals surface area contributed by atoms with Crippen LogP contribution < -0.4 is 5.32 Å². The van der Waals surface area contributed by atoms with Crippen LogP contribution in [0.1, 0.15) is 28.5 Å². The first-order valence-electron chi connectivity index (χ1n) is 6.70. The molecule has 0 saturated heterocycles. The first-order valence-corrected chi connectivity index (χ1v) is 6.70. The molecule has 0 fully saturated rings. The number of aromatic carboxylic acids is 1. The molecule has 0 aliphatic carbocycles. The number of aromatic nitrogens is 1. The molecule has 1 aromatic carbocycles. The monoisotopic (exact) mass is 288 g/mol. The maximum Gasteiger partial charge on any atom is 0.337 e. The minimum absolute atomic E-state index is 0.179. The lowest BCUT2D eigenvalue weighted by Gasteiger charge is -2.13. The Morgan fingerprint density at radius 2 is 2.00 bits per heavy atom. The summed E-state index contributed by atoms with van der Waals surface area (Å²) in [6.45, 7) is 2.59. The van der Waals surface area contributed by atoms with Gasteiger partial charge >= 0.3 is 5.97 Å². The van der Waals surface area contributed by atoms with Crippen molar-refractivity contribution in [3.05, 3.63) is 65.2 Å². The second-order valence-corrected chi connectivity index (χ2v) is 4.96. The quantitative estimate of drug-likeness (QED) is 0.858. The molecule has 1 atom stereocenters. The van der Waals surface area contributed by atoms with Gasteiger partial charge in [0.15, 0.2) is 0 Å². The van der Waals surface area contributed by atoms with E-state index in [-0.39, 0.29) is 17.4 Å². The lowest BCUT2D eigenvalue weighted by molar-refractivity contribution is 0.0696. The minimum Gasteiger partial charge on any atom is -0.478 e. The van der Waals surface area contributed by atoms with Crippen LogP contribution in [0, 0.1) is 5.82 Å². The number of carbonyl (C=O) groups is 1. The number of carboxylic acid groups (broad SMARTS) is 1. The van der Waals surface area contributed by atoms with Gasteiger partial charge in [-0.2, -0.15) is 0 Å². The maximum atomic E-state index is 12.8. The highest BCUT2D eigenvalue weighted by Crippen LogP contribution is 2.06. The fourth-order valence-corrected chi connectivity index (χ4v) is 1.98. The van der Waals surface area contributed by atoms with Crippen LogP contribution in [0.5, 0.6) is 0 Å². The van der Waals surface area contributed by atoms with E-state index in [0.717, 1.165) is 17.7 Å². The molecule has 2 rings (SSSR count). The molecule has 2 aromatic rings. The van der Waals surface area contributed by atoms with E-state index in [2.05, 4.69) is 10.3 Å². The summed E-state index contributed by atoms with van der Waals surface area (Å²) in [5, 5.41) is 12.1. The number of hydrogen-bond acceptors (Lipinski definition) is 3. The molecule has 0 aliphatic rings. The lowest BCUT2D eigenvalue weighted by atomic mass is 10.1. The van der Waals surface area contributed by atoms with Gasteiger partial charge in [-0.15, -0.1) is 0 Å². The number of hydrogen-bond donors (Lipinski definition) is 2. The van der Waals surface area contributed by atoms with Crippen LogP contribution in [0.2, 0.25) is 0 Å². The normalized spacial score (nSPS) is 12.1. The number of nitrogens with zero attached hydrogens (tertiary/aromatic N) is 1. The highest BCUT2D eigenvalue weighted by atomic mass is 19.1. The molecule has 0 saturated carbocycles. The largest absolute Gasteiger partial charge is 0.478 e. The van der Waals surface area contributed by atoms with Gasteiger partial charge in [0.05, 0.1) is 11.3 Å². The molecule has 0 radical (unpaired) electrons. The highest BCUT2D eigenvalue weighted by Gasteiger charge is 2.06. The van der Waals surface area contributed by atoms with Crippen molar-refractivity contribution in [3.8, 4) is 0 Å². The summed E-state index contributed by atoms with van der Waals surface area (Å²) in [7, 11) is 0. The Kier molecular flexibility index (Phi) is 5.00. The third-order valence-electron chi connectivity index (χ3n) is 3.16. The van der Waals surface area contributed by atoms with E-state index in [1.807, 2.05) is 6.92 Å². The van der Waals surface area contributed by atoms with Gasteiger partial charge in [-0.1, -0.05) is 12.1 Å². The van der Waals surface area contributed by atoms with Crippen molar-refractivity contribution in [3.63, 3.8) is 0 Å². The van der Waals surface area contributed by atoms with Gasteiger partial charge in [0.2, 0.25) is 0 Å². The zero-order chi connectivity index (χ0) is 15.2. The summed E-state index contributed by atoms with van der Waals surface area (Å²) in [6.07, 6.45) is 2.14. The maximum absolute atomic E-state index is 12.8. The number of halogens is 1. The second kappa shape index (κ2) is 6.95. The van der Waals surface area contributed by atoms with Crippen LogP contribution in [-0.2, 0) is 13.0 Å². The average molecular weight is 288 g/mol. The van der Waals surface area contributed by atoms with Crippen molar-refractivity contribution in [2.45, 2.75) is 25.9 Å². The van der Waals surface area contributed by atoms with Gasteiger partial charge < -0.3 is 10.4 Å². The Balaban J connectivity index is 1.84. The summed E-state index contributed by atoms with van der Waals surface area (Å²) < 4.78 is 12.8. The molecular weight excluding hydrogens is 271 g/mol. The summed E-state index contributed by atoms with van der Waals surface area (Å²) in [6, 6.07) is 9.89. The van der Waals surface area contributed by atoms with E-state index in [1.165, 1.54) is 24.4 Å². The molecule has 0 bridgehead atoms. The molecule has 0 aliphatic heterocycles. The van der Waals surface area contributed by atoms with Crippen molar-refractivity contribution in [1.29, 1.82) is 0 Å². The first-order chi connectivity index (χ1) is 10.0. The van der Waals surface area contributed by atoms with Gasteiger partial charge in [0.1, 0.15) is 5.82 Å². The zero-order valence-corrected chi connectivity index (χ0v) is 11.7. The number of benzene rings is 1. The number of carboxylic acids is 1. The van der Waals surface area contributed by atoms with Crippen molar-refractivity contribution < 1.29 is 14.3 Å². The predicted molar refractivity (Wildman–Crippen MR) is 77.6 cm³/mol. The van der Waals surface area contributed by atoms with Crippen LogP contribution in [-0.4, -0.2) is 22.1 Å². The van der Waals surface area contributed by atoms with Crippen LogP contribution in [0.25, 0.3) is 0 Å². The molecule has 110 valence electrons. The molecule has 4 nitrogen and oxygen atoms in total. The Morgan fingerprint density at radius 3 is 2.57 bits per heavy atom. The Morgan fingerprint density at radius 1 is 1.29 bits per heavy atom. The van der Waals surface area contributed by atoms with Gasteiger partial charge in [-0.25, -0.2) is 9.18 Å². The Bertz CT molecular complexity index is 597. The van der Waals surface area contributed by atoms with Crippen LogP contribution in [0.15, 0.2) is 42.6 Å². The van der Waals surface area contributed by atoms with Crippen LogP contribution >= 0.6 is 0 Å². The predicted octanol–water partition coefficient (Wildman–Crippen LogP) is 2.64. The summed E-state index contributed by atoms with van der Waals surface area (Å²) in [4.78, 5) is 14.8. The molecule has 1 aromatic heterocycles. The van der Waals surface area contributed by atoms with Gasteiger partial charge in [-0.05, 0) is 43.2 Å². The standard InChI is InChI=1S/C16H17FN2O2/c1-11(8-12-2-5-14(17)6-3-12)18-10-15-7-4-13(9-19-15)16(20)21/h2-7,9,11,18H,8,10H2,1H3,(H,20,21). The van der Waals surface area contributed by atoms with Crippen molar-refractivity contribution in [2.24, 2.45) is 0 Å². The Hall–Kier alpha value is -2.27. The van der Waals surface area contributed by atoms with Crippen molar-refractivity contribution >= 4 is 5.97 Å². The summed E-state index contributed by atoms with van der Waals surface area (Å²) >= 11 is 0. The molecule has 1 unspecified atom stereocenters. The molecule has 0 spiro atoms.